The number of nitrogens with one attached hydrogen (secondary N) is 1. The fourth-order valence-corrected chi connectivity index (χ4v) is 5.43. The van der Waals surface area contributed by atoms with Gasteiger partial charge in [-0.05, 0) is 61.1 Å². The highest BCUT2D eigenvalue weighted by atomic mass is 16.5. The molecule has 1 unspecified atom stereocenters. The number of anilines is 1. The van der Waals surface area contributed by atoms with E-state index in [0.29, 0.717) is 17.9 Å². The molecule has 3 aliphatic rings. The lowest BCUT2D eigenvalue weighted by Crippen LogP contribution is -2.53. The molecule has 1 aliphatic carbocycles. The zero-order valence-electron chi connectivity index (χ0n) is 17.3. The van der Waals surface area contributed by atoms with Crippen LogP contribution >= 0.6 is 0 Å². The summed E-state index contributed by atoms with van der Waals surface area (Å²) >= 11 is 0. The number of hydrogen-bond acceptors (Lipinski definition) is 5. The van der Waals surface area contributed by atoms with Gasteiger partial charge in [0.15, 0.2) is 0 Å². The Morgan fingerprint density at radius 2 is 1.81 bits per heavy atom. The Bertz CT molecular complexity index is 1120. The van der Waals surface area contributed by atoms with Crippen LogP contribution < -0.4 is 10.2 Å². The van der Waals surface area contributed by atoms with Gasteiger partial charge in [0.25, 0.3) is 5.91 Å². The van der Waals surface area contributed by atoms with E-state index in [2.05, 4.69) is 11.4 Å². The summed E-state index contributed by atoms with van der Waals surface area (Å²) < 4.78 is 4.90. The van der Waals surface area contributed by atoms with Gasteiger partial charge < -0.3 is 4.74 Å². The van der Waals surface area contributed by atoms with Crippen molar-refractivity contribution >= 4 is 40.2 Å². The van der Waals surface area contributed by atoms with Crippen LogP contribution in [0.5, 0.6) is 0 Å². The molecule has 7 heteroatoms. The van der Waals surface area contributed by atoms with Crippen LogP contribution in [0.2, 0.25) is 0 Å². The summed E-state index contributed by atoms with van der Waals surface area (Å²) in [6, 6.07) is 9.03. The van der Waals surface area contributed by atoms with Crippen molar-refractivity contribution in [2.75, 3.05) is 12.0 Å². The van der Waals surface area contributed by atoms with Crippen molar-refractivity contribution in [1.82, 2.24) is 5.32 Å². The Morgan fingerprint density at radius 1 is 1.03 bits per heavy atom. The quantitative estimate of drug-likeness (QED) is 0.609. The fraction of sp³-hybridized carbons (Fsp3) is 0.417. The van der Waals surface area contributed by atoms with E-state index < -0.39 is 11.9 Å². The number of hydrogen-bond donors (Lipinski definition) is 1. The number of carbonyl (C=O) groups excluding carboxylic acids is 4. The average molecular weight is 420 g/mol. The van der Waals surface area contributed by atoms with Gasteiger partial charge in [0.05, 0.1) is 18.7 Å². The van der Waals surface area contributed by atoms with Crippen molar-refractivity contribution in [1.29, 1.82) is 0 Å². The molecule has 0 bridgehead atoms. The van der Waals surface area contributed by atoms with Gasteiger partial charge in [-0.2, -0.15) is 0 Å². The maximum atomic E-state index is 13.3. The summed E-state index contributed by atoms with van der Waals surface area (Å²) in [6.45, 7) is 0. The predicted molar refractivity (Wildman–Crippen MR) is 114 cm³/mol. The summed E-state index contributed by atoms with van der Waals surface area (Å²) in [4.78, 5) is 50.7. The number of nitrogens with zero attached hydrogens (tertiary/aromatic N) is 1. The molecule has 31 heavy (non-hydrogen) atoms. The van der Waals surface area contributed by atoms with Crippen LogP contribution in [0.4, 0.5) is 5.69 Å². The van der Waals surface area contributed by atoms with Crippen molar-refractivity contribution < 1.29 is 23.9 Å². The SMILES string of the molecule is COC(=O)C1CCC(c2ccc3c4c(cccc24)C(=O)N3C2CCC(=O)NC2=O)CC1. The monoisotopic (exact) mass is 420 g/mol. The Hall–Kier alpha value is -3.22. The van der Waals surface area contributed by atoms with Gasteiger partial charge >= 0.3 is 5.97 Å². The highest BCUT2D eigenvalue weighted by Crippen LogP contribution is 2.45. The van der Waals surface area contributed by atoms with E-state index >= 15 is 0 Å². The molecule has 2 fully saturated rings. The lowest BCUT2D eigenvalue weighted by molar-refractivity contribution is -0.146. The molecule has 2 aromatic carbocycles. The van der Waals surface area contributed by atoms with E-state index in [1.807, 2.05) is 18.2 Å². The second-order valence-corrected chi connectivity index (χ2v) is 8.62. The molecule has 2 aromatic rings. The molecule has 2 heterocycles. The van der Waals surface area contributed by atoms with E-state index in [9.17, 15) is 19.2 Å². The van der Waals surface area contributed by atoms with Gasteiger partial charge in [-0.25, -0.2) is 0 Å². The zero-order valence-corrected chi connectivity index (χ0v) is 17.3. The fourth-order valence-electron chi connectivity index (χ4n) is 5.43. The largest absolute Gasteiger partial charge is 0.469 e. The molecule has 0 radical (unpaired) electrons. The standard InChI is InChI=1S/C24H24N2O5/c1-31-24(30)14-7-5-13(6-8-14)15-9-10-18-21-16(15)3-2-4-17(21)23(29)26(18)19-11-12-20(27)25-22(19)28/h2-4,9-10,13-14,19H,5-8,11-12H2,1H3,(H,25,27,28). The zero-order chi connectivity index (χ0) is 21.7. The molecule has 0 aromatic heterocycles. The Kier molecular flexibility index (Phi) is 4.76. The second-order valence-electron chi connectivity index (χ2n) is 8.62. The van der Waals surface area contributed by atoms with E-state index in [1.54, 1.807) is 11.0 Å². The highest BCUT2D eigenvalue weighted by Gasteiger charge is 2.41. The first-order chi connectivity index (χ1) is 15.0. The number of carbonyl (C=O) groups is 4. The first kappa shape index (κ1) is 19.7. The van der Waals surface area contributed by atoms with Crippen LogP contribution in [0, 0.1) is 5.92 Å². The van der Waals surface area contributed by atoms with Crippen LogP contribution in [0.3, 0.4) is 0 Å². The van der Waals surface area contributed by atoms with Gasteiger partial charge in [0.2, 0.25) is 11.8 Å². The lowest BCUT2D eigenvalue weighted by Gasteiger charge is -2.31. The summed E-state index contributed by atoms with van der Waals surface area (Å²) in [5, 5.41) is 4.26. The van der Waals surface area contributed by atoms with Gasteiger partial charge in [-0.1, -0.05) is 18.2 Å². The van der Waals surface area contributed by atoms with E-state index in [0.717, 1.165) is 42.1 Å². The third-order valence-corrected chi connectivity index (χ3v) is 6.98. The van der Waals surface area contributed by atoms with Gasteiger partial charge in [-0.15, -0.1) is 0 Å². The number of rotatable bonds is 3. The third kappa shape index (κ3) is 3.10. The van der Waals surface area contributed by atoms with Gasteiger partial charge in [-0.3, -0.25) is 29.4 Å². The molecule has 2 aliphatic heterocycles. The van der Waals surface area contributed by atoms with Crippen LogP contribution in [0.1, 0.15) is 60.4 Å². The molecular formula is C24H24N2O5. The number of piperidine rings is 1. The Balaban J connectivity index is 1.50. The molecule has 7 nitrogen and oxygen atoms in total. The van der Waals surface area contributed by atoms with Gasteiger partial charge in [0, 0.05) is 17.4 Å². The number of benzene rings is 2. The van der Waals surface area contributed by atoms with Crippen molar-refractivity contribution in [3.8, 4) is 0 Å². The topological polar surface area (TPSA) is 92.8 Å². The normalized spacial score (nSPS) is 25.6. The molecule has 1 atom stereocenters. The highest BCUT2D eigenvalue weighted by molar-refractivity contribution is 6.27. The summed E-state index contributed by atoms with van der Waals surface area (Å²) in [5.41, 5.74) is 2.52. The van der Waals surface area contributed by atoms with Crippen LogP contribution in [0.25, 0.3) is 10.8 Å². The van der Waals surface area contributed by atoms with Crippen molar-refractivity contribution in [2.24, 2.45) is 5.92 Å². The molecule has 1 N–H and O–H groups in total. The van der Waals surface area contributed by atoms with Crippen LogP contribution in [-0.4, -0.2) is 36.8 Å². The molecule has 1 saturated carbocycles. The molecule has 0 spiro atoms. The second kappa shape index (κ2) is 7.48. The average Bonchev–Trinajstić information content (AvgIpc) is 3.07. The number of amides is 3. The predicted octanol–water partition coefficient (Wildman–Crippen LogP) is 3.05. The summed E-state index contributed by atoms with van der Waals surface area (Å²) in [7, 11) is 1.43. The van der Waals surface area contributed by atoms with Gasteiger partial charge in [0.1, 0.15) is 6.04 Å². The van der Waals surface area contributed by atoms with Crippen LogP contribution in [-0.2, 0) is 19.1 Å². The van der Waals surface area contributed by atoms with Crippen molar-refractivity contribution in [2.45, 2.75) is 50.5 Å². The minimum atomic E-state index is -0.679. The smallest absolute Gasteiger partial charge is 0.308 e. The molecule has 3 amide bonds. The van der Waals surface area contributed by atoms with E-state index in [-0.39, 0.29) is 30.1 Å². The Labute approximate surface area is 179 Å². The third-order valence-electron chi connectivity index (χ3n) is 6.98. The van der Waals surface area contributed by atoms with Crippen molar-refractivity contribution in [3.05, 3.63) is 41.5 Å². The lowest BCUT2D eigenvalue weighted by atomic mass is 9.77. The Morgan fingerprint density at radius 3 is 2.52 bits per heavy atom. The molecule has 1 saturated heterocycles. The van der Waals surface area contributed by atoms with E-state index in [4.69, 9.17) is 4.74 Å². The number of ether oxygens (including phenoxy) is 1. The maximum Gasteiger partial charge on any atom is 0.308 e. The molecule has 160 valence electrons. The summed E-state index contributed by atoms with van der Waals surface area (Å²) in [6.07, 6.45) is 3.92. The number of methoxy groups -OCH3 is 1. The van der Waals surface area contributed by atoms with E-state index in [1.165, 1.54) is 12.7 Å². The molecular weight excluding hydrogens is 396 g/mol. The first-order valence-electron chi connectivity index (χ1n) is 10.8. The summed E-state index contributed by atoms with van der Waals surface area (Å²) in [5.74, 6) is -0.775. The van der Waals surface area contributed by atoms with Crippen LogP contribution in [0.15, 0.2) is 30.3 Å². The maximum absolute atomic E-state index is 13.3. The first-order valence-corrected chi connectivity index (χ1v) is 10.8. The minimum absolute atomic E-state index is 0.0392. The number of imide groups is 1. The molecule has 5 rings (SSSR count). The number of esters is 1. The van der Waals surface area contributed by atoms with Crippen molar-refractivity contribution in [3.63, 3.8) is 0 Å². The minimum Gasteiger partial charge on any atom is -0.469 e.